The van der Waals surface area contributed by atoms with Gasteiger partial charge in [-0.05, 0) is 13.0 Å². The topological polar surface area (TPSA) is 96.7 Å². The van der Waals surface area contributed by atoms with Crippen LogP contribution in [0.4, 0.5) is 5.13 Å². The maximum absolute atomic E-state index is 12.6. The van der Waals surface area contributed by atoms with Crippen LogP contribution in [0.1, 0.15) is 6.92 Å². The number of rotatable bonds is 6. The lowest BCUT2D eigenvalue weighted by Crippen LogP contribution is -2.22. The third-order valence-corrected chi connectivity index (χ3v) is 6.37. The summed E-state index contributed by atoms with van der Waals surface area (Å²) in [5.41, 5.74) is 3.68. The van der Waals surface area contributed by atoms with Gasteiger partial charge < -0.3 is 14.7 Å². The molecule has 5 aromatic rings. The Bertz CT molecular complexity index is 1340. The van der Waals surface area contributed by atoms with E-state index >= 15 is 0 Å². The molecular weight excluding hydrogens is 430 g/mol. The largest absolute Gasteiger partial charge is 0.411 e. The first-order chi connectivity index (χ1) is 15.2. The molecule has 5 rings (SSSR count). The van der Waals surface area contributed by atoms with E-state index in [0.717, 1.165) is 27.7 Å². The van der Waals surface area contributed by atoms with Crippen LogP contribution in [0.5, 0.6) is 0 Å². The number of fused-ring (bicyclic) bond motifs is 1. The van der Waals surface area contributed by atoms with Gasteiger partial charge in [-0.25, -0.2) is 4.98 Å². The van der Waals surface area contributed by atoms with Crippen molar-refractivity contribution < 1.29 is 9.21 Å². The fourth-order valence-corrected chi connectivity index (χ4v) is 4.51. The Labute approximate surface area is 185 Å². The average Bonchev–Trinajstić information content (AvgIpc) is 3.54. The summed E-state index contributed by atoms with van der Waals surface area (Å²) < 4.78 is 5.80. The number of nitrogens with one attached hydrogen (secondary N) is 2. The third-order valence-electron chi connectivity index (χ3n) is 4.68. The van der Waals surface area contributed by atoms with Crippen LogP contribution in [-0.4, -0.2) is 31.3 Å². The lowest BCUT2D eigenvalue weighted by Gasteiger charge is -2.07. The first-order valence-electron chi connectivity index (χ1n) is 9.56. The molecule has 1 atom stereocenters. The quantitative estimate of drug-likeness (QED) is 0.336. The van der Waals surface area contributed by atoms with Crippen LogP contribution in [0, 0.1) is 0 Å². The number of H-pyrrole nitrogens is 1. The van der Waals surface area contributed by atoms with E-state index in [-0.39, 0.29) is 5.91 Å². The lowest BCUT2D eigenvalue weighted by atomic mass is 10.2. The number of para-hydroxylation sites is 1. The zero-order valence-electron chi connectivity index (χ0n) is 16.4. The normalized spacial score (nSPS) is 12.2. The second kappa shape index (κ2) is 8.37. The van der Waals surface area contributed by atoms with Gasteiger partial charge in [0.25, 0.3) is 11.1 Å². The van der Waals surface area contributed by atoms with E-state index < -0.39 is 5.25 Å². The van der Waals surface area contributed by atoms with Gasteiger partial charge in [-0.15, -0.1) is 21.5 Å². The molecule has 0 aliphatic heterocycles. The molecule has 1 amide bonds. The van der Waals surface area contributed by atoms with Gasteiger partial charge in [0.1, 0.15) is 0 Å². The number of hydrogen-bond donors (Lipinski definition) is 2. The van der Waals surface area contributed by atoms with Gasteiger partial charge in [-0.3, -0.25) is 4.79 Å². The van der Waals surface area contributed by atoms with E-state index in [9.17, 15) is 4.79 Å². The van der Waals surface area contributed by atoms with Crippen LogP contribution < -0.4 is 5.32 Å². The molecule has 0 radical (unpaired) electrons. The molecule has 0 saturated carbocycles. The van der Waals surface area contributed by atoms with Crippen LogP contribution in [-0.2, 0) is 4.79 Å². The first kappa shape index (κ1) is 19.5. The number of aromatic nitrogens is 4. The first-order valence-corrected chi connectivity index (χ1v) is 11.3. The molecule has 0 bridgehead atoms. The summed E-state index contributed by atoms with van der Waals surface area (Å²) >= 11 is 2.60. The van der Waals surface area contributed by atoms with Gasteiger partial charge in [-0.1, -0.05) is 60.3 Å². The number of hydrogen-bond acceptors (Lipinski definition) is 7. The van der Waals surface area contributed by atoms with E-state index in [0.29, 0.717) is 16.2 Å². The van der Waals surface area contributed by atoms with E-state index in [1.54, 1.807) is 6.92 Å². The molecule has 154 valence electrons. The fourth-order valence-electron chi connectivity index (χ4n) is 3.10. The highest BCUT2D eigenvalue weighted by atomic mass is 32.2. The Balaban J connectivity index is 1.25. The van der Waals surface area contributed by atoms with Crippen LogP contribution in [0.15, 0.2) is 75.8 Å². The molecule has 31 heavy (non-hydrogen) atoms. The Kier molecular flexibility index (Phi) is 5.27. The van der Waals surface area contributed by atoms with Crippen molar-refractivity contribution >= 4 is 45.0 Å². The van der Waals surface area contributed by atoms with Gasteiger partial charge >= 0.3 is 0 Å². The Morgan fingerprint density at radius 2 is 1.94 bits per heavy atom. The number of amides is 1. The minimum Gasteiger partial charge on any atom is -0.411 e. The molecule has 2 N–H and O–H groups in total. The highest BCUT2D eigenvalue weighted by Gasteiger charge is 2.21. The van der Waals surface area contributed by atoms with Crippen LogP contribution in [0.25, 0.3) is 33.6 Å². The SMILES string of the molecule is C[C@H](Sc1nnc(-c2c[nH]c3ccccc23)o1)C(=O)Nc1nc(-c2ccccc2)cs1. The maximum atomic E-state index is 12.6. The van der Waals surface area contributed by atoms with Crippen molar-refractivity contribution in [2.45, 2.75) is 17.4 Å². The standard InChI is InChI=1S/C22H17N5O2S2/c1-13(19(28)25-21-24-18(12-30-21)14-7-3-2-4-8-14)31-22-27-26-20(29-22)16-11-23-17-10-6-5-9-15(16)17/h2-13,23H,1H3,(H,24,25,28)/t13-/m0/s1. The van der Waals surface area contributed by atoms with E-state index in [1.165, 1.54) is 23.1 Å². The monoisotopic (exact) mass is 447 g/mol. The molecule has 0 unspecified atom stereocenters. The van der Waals surface area contributed by atoms with Crippen molar-refractivity contribution in [2.24, 2.45) is 0 Å². The molecule has 2 aromatic carbocycles. The number of thioether (sulfide) groups is 1. The van der Waals surface area contributed by atoms with Crippen LogP contribution in [0.2, 0.25) is 0 Å². The molecule has 9 heteroatoms. The summed E-state index contributed by atoms with van der Waals surface area (Å²) in [5.74, 6) is 0.241. The molecule has 0 spiro atoms. The van der Waals surface area contributed by atoms with Gasteiger partial charge in [0.05, 0.1) is 16.5 Å². The summed E-state index contributed by atoms with van der Waals surface area (Å²) in [5, 5.41) is 14.5. The highest BCUT2D eigenvalue weighted by Crippen LogP contribution is 2.31. The molecule has 0 aliphatic carbocycles. The number of anilines is 1. The van der Waals surface area contributed by atoms with Gasteiger partial charge in [-0.2, -0.15) is 0 Å². The van der Waals surface area contributed by atoms with Crippen molar-refractivity contribution in [3.05, 3.63) is 66.2 Å². The van der Waals surface area contributed by atoms with E-state index in [2.05, 4.69) is 25.5 Å². The van der Waals surface area contributed by atoms with Crippen molar-refractivity contribution in [3.8, 4) is 22.7 Å². The van der Waals surface area contributed by atoms with Crippen molar-refractivity contribution in [2.75, 3.05) is 5.32 Å². The smallest absolute Gasteiger partial charge is 0.277 e. The number of benzene rings is 2. The van der Waals surface area contributed by atoms with Crippen molar-refractivity contribution in [1.82, 2.24) is 20.2 Å². The Morgan fingerprint density at radius 1 is 1.13 bits per heavy atom. The van der Waals surface area contributed by atoms with Gasteiger partial charge in [0.15, 0.2) is 5.13 Å². The predicted octanol–water partition coefficient (Wildman–Crippen LogP) is 5.46. The zero-order chi connectivity index (χ0) is 21.2. The van der Waals surface area contributed by atoms with Crippen LogP contribution >= 0.6 is 23.1 Å². The van der Waals surface area contributed by atoms with Crippen molar-refractivity contribution in [3.63, 3.8) is 0 Å². The summed E-state index contributed by atoms with van der Waals surface area (Å²) in [4.78, 5) is 20.3. The number of aromatic amines is 1. The van der Waals surface area contributed by atoms with E-state index in [4.69, 9.17) is 4.42 Å². The zero-order valence-corrected chi connectivity index (χ0v) is 18.0. The Hall–Kier alpha value is -3.43. The molecule has 0 aliphatic rings. The van der Waals surface area contributed by atoms with Crippen LogP contribution in [0.3, 0.4) is 0 Å². The minimum absolute atomic E-state index is 0.175. The average molecular weight is 448 g/mol. The van der Waals surface area contributed by atoms with E-state index in [1.807, 2.05) is 66.2 Å². The number of nitrogens with zero attached hydrogens (tertiary/aromatic N) is 3. The second-order valence-corrected chi connectivity index (χ2v) is 8.92. The molecule has 0 saturated heterocycles. The highest BCUT2D eigenvalue weighted by molar-refractivity contribution is 8.00. The third kappa shape index (κ3) is 4.10. The molecule has 7 nitrogen and oxygen atoms in total. The summed E-state index contributed by atoms with van der Waals surface area (Å²) in [6.07, 6.45) is 1.84. The summed E-state index contributed by atoms with van der Waals surface area (Å²) in [6.45, 7) is 1.79. The Morgan fingerprint density at radius 3 is 2.81 bits per heavy atom. The maximum Gasteiger partial charge on any atom is 0.277 e. The number of thiazole rings is 1. The number of carbonyl (C=O) groups excluding carboxylic acids is 1. The van der Waals surface area contributed by atoms with Gasteiger partial charge in [0, 0.05) is 28.0 Å². The summed E-state index contributed by atoms with van der Waals surface area (Å²) in [6, 6.07) is 17.7. The fraction of sp³-hybridized carbons (Fsp3) is 0.0909. The molecule has 3 aromatic heterocycles. The molecular formula is C22H17N5O2S2. The summed E-state index contributed by atoms with van der Waals surface area (Å²) in [7, 11) is 0. The van der Waals surface area contributed by atoms with Gasteiger partial charge in [0.2, 0.25) is 5.91 Å². The number of carbonyl (C=O) groups is 1. The minimum atomic E-state index is -0.430. The lowest BCUT2D eigenvalue weighted by molar-refractivity contribution is -0.115. The predicted molar refractivity (Wildman–Crippen MR) is 123 cm³/mol. The van der Waals surface area contributed by atoms with Crippen molar-refractivity contribution in [1.29, 1.82) is 0 Å². The second-order valence-electron chi connectivity index (χ2n) is 6.77. The molecule has 3 heterocycles. The molecule has 0 fully saturated rings.